The second-order valence-electron chi connectivity index (χ2n) is 7.41. The molecule has 2 aliphatic heterocycles. The van der Waals surface area contributed by atoms with Crippen LogP contribution in [0.15, 0.2) is 18.2 Å². The molecule has 0 spiro atoms. The molecule has 9 nitrogen and oxygen atoms in total. The molecule has 1 aromatic carbocycles. The van der Waals surface area contributed by atoms with Crippen molar-refractivity contribution >= 4 is 27.5 Å². The third kappa shape index (κ3) is 5.18. The fourth-order valence-corrected chi connectivity index (χ4v) is 4.34. The van der Waals surface area contributed by atoms with Crippen molar-refractivity contribution in [3.8, 4) is 5.75 Å². The third-order valence-electron chi connectivity index (χ3n) is 5.10. The van der Waals surface area contributed by atoms with Crippen LogP contribution >= 0.6 is 0 Å². The lowest BCUT2D eigenvalue weighted by molar-refractivity contribution is -0.133. The summed E-state index contributed by atoms with van der Waals surface area (Å²) in [5.74, 6) is 0.0508. The number of likely N-dealkylation sites (N-methyl/N-ethyl adjacent to an activating group) is 1. The van der Waals surface area contributed by atoms with Crippen molar-refractivity contribution in [2.45, 2.75) is 44.4 Å². The van der Waals surface area contributed by atoms with Crippen molar-refractivity contribution < 1.29 is 27.5 Å². The second-order valence-corrected chi connectivity index (χ2v) is 9.16. The molecule has 0 bridgehead atoms. The Morgan fingerprint density at radius 2 is 2.07 bits per heavy atom. The Kier molecular flexibility index (Phi) is 6.33. The van der Waals surface area contributed by atoms with Crippen molar-refractivity contribution in [3.63, 3.8) is 0 Å². The van der Waals surface area contributed by atoms with Gasteiger partial charge >= 0.3 is 0 Å². The minimum Gasteiger partial charge on any atom is -0.490 e. The predicted octanol–water partition coefficient (Wildman–Crippen LogP) is 0.965. The molecule has 29 heavy (non-hydrogen) atoms. The molecule has 0 radical (unpaired) electrons. The molecule has 1 fully saturated rings. The third-order valence-corrected chi connectivity index (χ3v) is 5.71. The number of amides is 2. The van der Waals surface area contributed by atoms with Crippen LogP contribution in [0.1, 0.15) is 36.5 Å². The zero-order chi connectivity index (χ0) is 21.2. The lowest BCUT2D eigenvalue weighted by Gasteiger charge is -2.42. The number of sulfonamides is 1. The van der Waals surface area contributed by atoms with Crippen molar-refractivity contribution in [1.29, 1.82) is 0 Å². The van der Waals surface area contributed by atoms with E-state index in [1.165, 1.54) is 6.07 Å². The van der Waals surface area contributed by atoms with Crippen LogP contribution in [-0.4, -0.2) is 69.8 Å². The number of rotatable bonds is 5. The van der Waals surface area contributed by atoms with Crippen LogP contribution < -0.4 is 14.8 Å². The summed E-state index contributed by atoms with van der Waals surface area (Å²) in [6.45, 7) is 2.68. The number of nitrogens with one attached hydrogen (secondary N) is 2. The van der Waals surface area contributed by atoms with Crippen LogP contribution in [0.5, 0.6) is 5.75 Å². The Hall–Kier alpha value is -2.33. The van der Waals surface area contributed by atoms with Gasteiger partial charge in [-0.1, -0.05) is 0 Å². The monoisotopic (exact) mass is 425 g/mol. The number of carbonyl (C=O) groups is 2. The van der Waals surface area contributed by atoms with E-state index in [2.05, 4.69) is 10.0 Å². The molecule has 2 N–H and O–H groups in total. The number of fused-ring (bicyclic) bond motifs is 2. The van der Waals surface area contributed by atoms with Crippen LogP contribution in [-0.2, 0) is 19.6 Å². The summed E-state index contributed by atoms with van der Waals surface area (Å²) in [6, 6.07) is 4.42. The van der Waals surface area contributed by atoms with Crippen LogP contribution in [0.3, 0.4) is 0 Å². The SMILES string of the molecule is CCNC(=O)C[C@H]1CC[C@H]2[C@H](COc3ccc(NS(C)(=O)=O)cc3C(=O)N2C)O1. The molecule has 160 valence electrons. The minimum absolute atomic E-state index is 0.0524. The molecule has 1 saturated heterocycles. The smallest absolute Gasteiger partial charge is 0.257 e. The molecule has 0 aliphatic carbocycles. The van der Waals surface area contributed by atoms with E-state index in [4.69, 9.17) is 9.47 Å². The Balaban J connectivity index is 1.79. The molecule has 3 atom stereocenters. The van der Waals surface area contributed by atoms with Crippen molar-refractivity contribution in [2.75, 3.05) is 31.2 Å². The van der Waals surface area contributed by atoms with Gasteiger partial charge in [0.05, 0.1) is 30.4 Å². The van der Waals surface area contributed by atoms with Crippen molar-refractivity contribution in [3.05, 3.63) is 23.8 Å². The highest BCUT2D eigenvalue weighted by Crippen LogP contribution is 2.32. The van der Waals surface area contributed by atoms with Crippen LogP contribution in [0.4, 0.5) is 5.69 Å². The molecule has 2 heterocycles. The van der Waals surface area contributed by atoms with Gasteiger partial charge in [0.25, 0.3) is 5.91 Å². The number of hydrogen-bond acceptors (Lipinski definition) is 6. The van der Waals surface area contributed by atoms with E-state index in [9.17, 15) is 18.0 Å². The molecular weight excluding hydrogens is 398 g/mol. The van der Waals surface area contributed by atoms with Gasteiger partial charge in [0.15, 0.2) is 0 Å². The second kappa shape index (κ2) is 8.58. The first-order valence-electron chi connectivity index (χ1n) is 9.62. The summed E-state index contributed by atoms with van der Waals surface area (Å²) in [6.07, 6.45) is 2.13. The van der Waals surface area contributed by atoms with E-state index in [-0.39, 0.29) is 43.1 Å². The van der Waals surface area contributed by atoms with E-state index < -0.39 is 10.0 Å². The molecule has 0 aromatic heterocycles. The van der Waals surface area contributed by atoms with Crippen molar-refractivity contribution in [2.24, 2.45) is 0 Å². The fraction of sp³-hybridized carbons (Fsp3) is 0.579. The first-order chi connectivity index (χ1) is 13.7. The highest BCUT2D eigenvalue weighted by molar-refractivity contribution is 7.92. The lowest BCUT2D eigenvalue weighted by atomic mass is 9.94. The van der Waals surface area contributed by atoms with Gasteiger partial charge in [0, 0.05) is 19.3 Å². The average Bonchev–Trinajstić information content (AvgIpc) is 2.64. The minimum atomic E-state index is -3.46. The van der Waals surface area contributed by atoms with Crippen LogP contribution in [0.25, 0.3) is 0 Å². The van der Waals surface area contributed by atoms with Gasteiger partial charge in [-0.15, -0.1) is 0 Å². The Bertz CT molecular complexity index is 888. The standard InChI is InChI=1S/C19H27N3O6S/c1-4-20-18(23)10-13-6-7-15-17(28-13)11-27-16-8-5-12(21-29(3,25)26)9-14(16)19(24)22(15)2/h5,8-9,13,15,17,21H,4,6-7,10-11H2,1-3H3,(H,20,23)/t13-,15+,17+/m1/s1. The van der Waals surface area contributed by atoms with Gasteiger partial charge < -0.3 is 19.7 Å². The highest BCUT2D eigenvalue weighted by Gasteiger charge is 2.39. The van der Waals surface area contributed by atoms with Crippen LogP contribution in [0.2, 0.25) is 0 Å². The number of nitrogens with zero attached hydrogens (tertiary/aromatic N) is 1. The molecule has 10 heteroatoms. The Morgan fingerprint density at radius 3 is 2.76 bits per heavy atom. The summed E-state index contributed by atoms with van der Waals surface area (Å²) in [5.41, 5.74) is 0.597. The zero-order valence-corrected chi connectivity index (χ0v) is 17.6. The maximum Gasteiger partial charge on any atom is 0.257 e. The number of anilines is 1. The maximum atomic E-state index is 13.1. The molecule has 0 saturated carbocycles. The lowest BCUT2D eigenvalue weighted by Crippen LogP contribution is -2.53. The number of ether oxygens (including phenoxy) is 2. The van der Waals surface area contributed by atoms with Crippen molar-refractivity contribution in [1.82, 2.24) is 10.2 Å². The summed E-state index contributed by atoms with van der Waals surface area (Å²) in [4.78, 5) is 26.5. The molecule has 1 aromatic rings. The molecule has 3 rings (SSSR count). The van der Waals surface area contributed by atoms with Gasteiger partial charge in [-0.3, -0.25) is 14.3 Å². The van der Waals surface area contributed by atoms with E-state index in [1.807, 2.05) is 6.92 Å². The van der Waals surface area contributed by atoms with Gasteiger partial charge in [-0.05, 0) is 38.0 Å². The number of hydrogen-bond donors (Lipinski definition) is 2. The summed E-state index contributed by atoms with van der Waals surface area (Å²) >= 11 is 0. The summed E-state index contributed by atoms with van der Waals surface area (Å²) < 4.78 is 37.3. The summed E-state index contributed by atoms with van der Waals surface area (Å²) in [5, 5.41) is 2.77. The van der Waals surface area contributed by atoms with Gasteiger partial charge in [0.1, 0.15) is 18.5 Å². The van der Waals surface area contributed by atoms with Crippen LogP contribution in [0, 0.1) is 0 Å². The topological polar surface area (TPSA) is 114 Å². The molecular formula is C19H27N3O6S. The highest BCUT2D eigenvalue weighted by atomic mass is 32.2. The van der Waals surface area contributed by atoms with Gasteiger partial charge in [0.2, 0.25) is 15.9 Å². The predicted molar refractivity (Wildman–Crippen MR) is 107 cm³/mol. The largest absolute Gasteiger partial charge is 0.490 e. The summed E-state index contributed by atoms with van der Waals surface area (Å²) in [7, 11) is -1.75. The van der Waals surface area contributed by atoms with Gasteiger partial charge in [-0.25, -0.2) is 8.42 Å². The normalized spacial score (nSPS) is 24.4. The van der Waals surface area contributed by atoms with E-state index in [0.29, 0.717) is 36.4 Å². The maximum absolute atomic E-state index is 13.1. The van der Waals surface area contributed by atoms with Gasteiger partial charge in [-0.2, -0.15) is 0 Å². The Morgan fingerprint density at radius 1 is 1.31 bits per heavy atom. The van der Waals surface area contributed by atoms with E-state index >= 15 is 0 Å². The number of carbonyl (C=O) groups excluding carboxylic acids is 2. The fourth-order valence-electron chi connectivity index (χ4n) is 3.78. The van der Waals surface area contributed by atoms with E-state index in [0.717, 1.165) is 6.26 Å². The first kappa shape index (κ1) is 21.4. The molecule has 2 aliphatic rings. The first-order valence-corrected chi connectivity index (χ1v) is 11.5. The quantitative estimate of drug-likeness (QED) is 0.727. The zero-order valence-electron chi connectivity index (χ0n) is 16.8. The molecule has 0 unspecified atom stereocenters. The average molecular weight is 426 g/mol. The van der Waals surface area contributed by atoms with E-state index in [1.54, 1.807) is 24.1 Å². The Labute approximate surface area is 170 Å². The number of benzene rings is 1. The molecule has 2 amide bonds.